The number of nitrogens with zero attached hydrogens (tertiary/aromatic N) is 3. The summed E-state index contributed by atoms with van der Waals surface area (Å²) in [6.07, 6.45) is 0. The van der Waals surface area contributed by atoms with Crippen molar-refractivity contribution in [2.75, 3.05) is 13.6 Å². The van der Waals surface area contributed by atoms with Crippen LogP contribution in [0.1, 0.15) is 70.2 Å². The highest BCUT2D eigenvalue weighted by Gasteiger charge is 2.23. The second-order valence-corrected chi connectivity index (χ2v) is 6.73. The summed E-state index contributed by atoms with van der Waals surface area (Å²) in [5, 5.41) is 0. The van der Waals surface area contributed by atoms with Crippen LogP contribution >= 0.6 is 0 Å². The molecule has 19 heavy (non-hydrogen) atoms. The van der Waals surface area contributed by atoms with Crippen molar-refractivity contribution in [2.24, 2.45) is 0 Å². The Morgan fingerprint density at radius 1 is 1.16 bits per heavy atom. The second-order valence-electron chi connectivity index (χ2n) is 6.73. The fraction of sp³-hybridized carbons (Fsp3) is 0.750. The molecule has 0 aromatic carbocycles. The van der Waals surface area contributed by atoms with Crippen molar-refractivity contribution in [3.8, 4) is 0 Å². The molecule has 0 spiro atoms. The summed E-state index contributed by atoms with van der Waals surface area (Å²) in [4.78, 5) is 11.8. The minimum absolute atomic E-state index is 0.0657. The van der Waals surface area contributed by atoms with Crippen LogP contribution in [0.25, 0.3) is 0 Å². The van der Waals surface area contributed by atoms with Crippen molar-refractivity contribution in [1.82, 2.24) is 14.9 Å². The largest absolute Gasteiger partial charge is 0.299 e. The van der Waals surface area contributed by atoms with E-state index in [1.165, 1.54) is 17.0 Å². The molecule has 0 N–H and O–H groups in total. The zero-order valence-electron chi connectivity index (χ0n) is 13.8. The lowest BCUT2D eigenvalue weighted by Crippen LogP contribution is -2.24. The van der Waals surface area contributed by atoms with Gasteiger partial charge >= 0.3 is 0 Å². The lowest BCUT2D eigenvalue weighted by molar-refractivity contribution is 0.334. The molecule has 0 saturated heterocycles. The fourth-order valence-electron chi connectivity index (χ4n) is 2.30. The van der Waals surface area contributed by atoms with Gasteiger partial charge in [-0.25, -0.2) is 9.97 Å². The van der Waals surface area contributed by atoms with Crippen molar-refractivity contribution in [3.63, 3.8) is 0 Å². The van der Waals surface area contributed by atoms with Crippen LogP contribution in [0.4, 0.5) is 0 Å². The first kappa shape index (κ1) is 16.1. The van der Waals surface area contributed by atoms with E-state index >= 15 is 0 Å². The normalized spacial score (nSPS) is 12.5. The standard InChI is InChI=1S/C16H29N3/c1-9-19(8)10-13-17-14(11(2)3)12(4)15(18-13)16(5,6)7/h11H,9-10H2,1-8H3. The van der Waals surface area contributed by atoms with Crippen molar-refractivity contribution < 1.29 is 0 Å². The Morgan fingerprint density at radius 3 is 2.16 bits per heavy atom. The maximum absolute atomic E-state index is 4.82. The molecule has 0 bridgehead atoms. The molecule has 0 aliphatic carbocycles. The Morgan fingerprint density at radius 2 is 1.74 bits per heavy atom. The van der Waals surface area contributed by atoms with Crippen molar-refractivity contribution in [2.45, 2.75) is 66.3 Å². The van der Waals surface area contributed by atoms with E-state index in [0.717, 1.165) is 18.9 Å². The molecule has 0 fully saturated rings. The summed E-state index contributed by atoms with van der Waals surface area (Å²) >= 11 is 0. The predicted molar refractivity (Wildman–Crippen MR) is 81.6 cm³/mol. The van der Waals surface area contributed by atoms with Gasteiger partial charge in [0, 0.05) is 11.1 Å². The van der Waals surface area contributed by atoms with E-state index in [2.05, 4.69) is 60.4 Å². The Hall–Kier alpha value is -0.960. The number of hydrogen-bond donors (Lipinski definition) is 0. The molecule has 0 saturated carbocycles. The van der Waals surface area contributed by atoms with E-state index in [0.29, 0.717) is 5.92 Å². The lowest BCUT2D eigenvalue weighted by Gasteiger charge is -2.24. The first-order valence-electron chi connectivity index (χ1n) is 7.23. The van der Waals surface area contributed by atoms with Crippen molar-refractivity contribution in [1.29, 1.82) is 0 Å². The van der Waals surface area contributed by atoms with Gasteiger partial charge in [0.1, 0.15) is 5.82 Å². The Bertz CT molecular complexity index is 430. The minimum atomic E-state index is 0.0657. The summed E-state index contributed by atoms with van der Waals surface area (Å²) < 4.78 is 0. The maximum Gasteiger partial charge on any atom is 0.142 e. The van der Waals surface area contributed by atoms with Gasteiger partial charge in [-0.2, -0.15) is 0 Å². The highest BCUT2D eigenvalue weighted by Crippen LogP contribution is 2.28. The van der Waals surface area contributed by atoms with E-state index in [1.54, 1.807) is 0 Å². The molecule has 0 radical (unpaired) electrons. The van der Waals surface area contributed by atoms with E-state index in [9.17, 15) is 0 Å². The van der Waals surface area contributed by atoms with E-state index in [1.807, 2.05) is 0 Å². The summed E-state index contributed by atoms with van der Waals surface area (Å²) in [6, 6.07) is 0. The maximum atomic E-state index is 4.82. The van der Waals surface area contributed by atoms with Crippen molar-refractivity contribution >= 4 is 0 Å². The van der Waals surface area contributed by atoms with Crippen LogP contribution in [-0.2, 0) is 12.0 Å². The van der Waals surface area contributed by atoms with Crippen LogP contribution < -0.4 is 0 Å². The van der Waals surface area contributed by atoms with Crippen LogP contribution in [-0.4, -0.2) is 28.5 Å². The van der Waals surface area contributed by atoms with Gasteiger partial charge in [-0.3, -0.25) is 4.90 Å². The quantitative estimate of drug-likeness (QED) is 0.830. The Kier molecular flexibility index (Phi) is 5.08. The van der Waals surface area contributed by atoms with Gasteiger partial charge in [-0.1, -0.05) is 41.5 Å². The third-order valence-electron chi connectivity index (χ3n) is 3.44. The van der Waals surface area contributed by atoms with E-state index in [4.69, 9.17) is 9.97 Å². The Labute approximate surface area is 118 Å². The van der Waals surface area contributed by atoms with Gasteiger partial charge in [0.05, 0.1) is 12.2 Å². The average Bonchev–Trinajstić information content (AvgIpc) is 2.29. The molecule has 1 aromatic heterocycles. The molecular weight excluding hydrogens is 234 g/mol. The molecule has 1 aromatic rings. The SMILES string of the molecule is CCN(C)Cc1nc(C(C)C)c(C)c(C(C)(C)C)n1. The third kappa shape index (κ3) is 4.00. The molecule has 108 valence electrons. The minimum Gasteiger partial charge on any atom is -0.299 e. The first-order chi connectivity index (χ1) is 8.66. The van der Waals surface area contributed by atoms with E-state index < -0.39 is 0 Å². The lowest BCUT2D eigenvalue weighted by atomic mass is 9.87. The second kappa shape index (κ2) is 6.00. The molecule has 0 unspecified atom stereocenters. The van der Waals surface area contributed by atoms with Crippen LogP contribution in [0, 0.1) is 6.92 Å². The van der Waals surface area contributed by atoms with Crippen LogP contribution in [0.3, 0.4) is 0 Å². The summed E-state index contributed by atoms with van der Waals surface area (Å²) in [5.41, 5.74) is 3.70. The topological polar surface area (TPSA) is 29.0 Å². The number of hydrogen-bond acceptors (Lipinski definition) is 3. The summed E-state index contributed by atoms with van der Waals surface area (Å²) in [5.74, 6) is 1.39. The first-order valence-corrected chi connectivity index (χ1v) is 7.23. The molecule has 1 heterocycles. The van der Waals surface area contributed by atoms with Gasteiger partial charge in [0.15, 0.2) is 0 Å². The van der Waals surface area contributed by atoms with Crippen molar-refractivity contribution in [3.05, 3.63) is 22.8 Å². The van der Waals surface area contributed by atoms with Gasteiger partial charge in [-0.05, 0) is 32.0 Å². The molecular formula is C16H29N3. The molecule has 1 rings (SSSR count). The molecule has 3 heteroatoms. The predicted octanol–water partition coefficient (Wildman–Crippen LogP) is 3.66. The van der Waals surface area contributed by atoms with Gasteiger partial charge in [-0.15, -0.1) is 0 Å². The fourth-order valence-corrected chi connectivity index (χ4v) is 2.30. The monoisotopic (exact) mass is 263 g/mol. The third-order valence-corrected chi connectivity index (χ3v) is 3.44. The average molecular weight is 263 g/mol. The zero-order valence-corrected chi connectivity index (χ0v) is 13.8. The smallest absolute Gasteiger partial charge is 0.142 e. The molecule has 3 nitrogen and oxygen atoms in total. The van der Waals surface area contributed by atoms with Crippen LogP contribution in [0.15, 0.2) is 0 Å². The number of rotatable bonds is 4. The van der Waals surface area contributed by atoms with Gasteiger partial charge in [0.2, 0.25) is 0 Å². The molecule has 0 amide bonds. The summed E-state index contributed by atoms with van der Waals surface area (Å²) in [7, 11) is 2.11. The van der Waals surface area contributed by atoms with Crippen LogP contribution in [0.5, 0.6) is 0 Å². The highest BCUT2D eigenvalue weighted by atomic mass is 15.1. The van der Waals surface area contributed by atoms with Gasteiger partial charge < -0.3 is 0 Å². The number of aromatic nitrogens is 2. The Balaban J connectivity index is 3.31. The van der Waals surface area contributed by atoms with Crippen LogP contribution in [0.2, 0.25) is 0 Å². The molecule has 0 aliphatic heterocycles. The zero-order chi connectivity index (χ0) is 14.8. The molecule has 0 aliphatic rings. The molecule has 0 atom stereocenters. The summed E-state index contributed by atoms with van der Waals surface area (Å²) in [6.45, 7) is 17.2. The van der Waals surface area contributed by atoms with E-state index in [-0.39, 0.29) is 5.41 Å². The van der Waals surface area contributed by atoms with Gasteiger partial charge in [0.25, 0.3) is 0 Å². The highest BCUT2D eigenvalue weighted by molar-refractivity contribution is 5.31.